The van der Waals surface area contributed by atoms with Crippen molar-refractivity contribution in [3.05, 3.63) is 22.7 Å². The van der Waals surface area contributed by atoms with Gasteiger partial charge in [-0.05, 0) is 37.5 Å². The minimum Gasteiger partial charge on any atom is -0.495 e. The van der Waals surface area contributed by atoms with E-state index in [0.29, 0.717) is 29.4 Å². The molecular formula is C14H20ClNO3S. The topological polar surface area (TPSA) is 46.6 Å². The number of ether oxygens (including phenoxy) is 1. The molecule has 0 N–H and O–H groups in total. The first-order valence-corrected chi connectivity index (χ1v) is 8.63. The van der Waals surface area contributed by atoms with E-state index in [1.165, 1.54) is 13.2 Å². The largest absolute Gasteiger partial charge is 0.495 e. The third-order valence-corrected chi connectivity index (χ3v) is 5.97. The van der Waals surface area contributed by atoms with Gasteiger partial charge in [-0.15, -0.1) is 0 Å². The lowest BCUT2D eigenvalue weighted by atomic mass is 10.2. The van der Waals surface area contributed by atoms with Crippen LogP contribution in [0.25, 0.3) is 0 Å². The predicted molar refractivity (Wildman–Crippen MR) is 80.0 cm³/mol. The summed E-state index contributed by atoms with van der Waals surface area (Å²) in [6, 6.07) is 3.17. The molecule has 2 rings (SSSR count). The summed E-state index contributed by atoms with van der Waals surface area (Å²) in [6.45, 7) is 2.94. The molecule has 0 unspecified atom stereocenters. The van der Waals surface area contributed by atoms with Crippen molar-refractivity contribution in [2.75, 3.05) is 20.2 Å². The van der Waals surface area contributed by atoms with Gasteiger partial charge in [0.05, 0.1) is 17.0 Å². The fraction of sp³-hybridized carbons (Fsp3) is 0.571. The maximum Gasteiger partial charge on any atom is 0.243 e. The van der Waals surface area contributed by atoms with Gasteiger partial charge in [0.25, 0.3) is 0 Å². The summed E-state index contributed by atoms with van der Waals surface area (Å²) in [5.74, 6) is 0.499. The van der Waals surface area contributed by atoms with Crippen molar-refractivity contribution in [1.29, 1.82) is 0 Å². The molecule has 1 saturated heterocycles. The number of sulfonamides is 1. The molecule has 0 bridgehead atoms. The Bertz CT molecular complexity index is 578. The van der Waals surface area contributed by atoms with Crippen LogP contribution >= 0.6 is 11.6 Å². The fourth-order valence-electron chi connectivity index (χ4n) is 2.49. The number of hydrogen-bond donors (Lipinski definition) is 0. The van der Waals surface area contributed by atoms with Gasteiger partial charge < -0.3 is 4.74 Å². The molecule has 20 heavy (non-hydrogen) atoms. The number of methoxy groups -OCH3 is 1. The van der Waals surface area contributed by atoms with Crippen LogP contribution in [-0.2, 0) is 10.0 Å². The first kappa shape index (κ1) is 15.6. The number of benzene rings is 1. The molecule has 0 aromatic heterocycles. The van der Waals surface area contributed by atoms with Gasteiger partial charge in [0, 0.05) is 13.1 Å². The van der Waals surface area contributed by atoms with Crippen LogP contribution in [0.3, 0.4) is 0 Å². The Morgan fingerprint density at radius 1 is 1.15 bits per heavy atom. The van der Waals surface area contributed by atoms with E-state index in [0.717, 1.165) is 25.7 Å². The average molecular weight is 318 g/mol. The molecule has 0 radical (unpaired) electrons. The second-order valence-electron chi connectivity index (χ2n) is 5.07. The van der Waals surface area contributed by atoms with E-state index in [4.69, 9.17) is 16.3 Å². The van der Waals surface area contributed by atoms with Crippen LogP contribution in [-0.4, -0.2) is 32.9 Å². The minimum atomic E-state index is -3.47. The van der Waals surface area contributed by atoms with Crippen LogP contribution in [0, 0.1) is 6.92 Å². The van der Waals surface area contributed by atoms with Crippen molar-refractivity contribution in [3.63, 3.8) is 0 Å². The molecule has 4 nitrogen and oxygen atoms in total. The van der Waals surface area contributed by atoms with Crippen LogP contribution in [0.4, 0.5) is 0 Å². The number of halogens is 1. The second-order valence-corrected chi connectivity index (χ2v) is 7.38. The summed E-state index contributed by atoms with van der Waals surface area (Å²) in [6.07, 6.45) is 4.02. The van der Waals surface area contributed by atoms with Crippen LogP contribution in [0.15, 0.2) is 17.0 Å². The van der Waals surface area contributed by atoms with E-state index >= 15 is 0 Å². The lowest BCUT2D eigenvalue weighted by molar-refractivity contribution is 0.413. The van der Waals surface area contributed by atoms with Gasteiger partial charge in [-0.2, -0.15) is 4.31 Å². The summed E-state index contributed by atoms with van der Waals surface area (Å²) >= 11 is 6.07. The van der Waals surface area contributed by atoms with Crippen molar-refractivity contribution in [1.82, 2.24) is 4.31 Å². The van der Waals surface area contributed by atoms with Gasteiger partial charge >= 0.3 is 0 Å². The minimum absolute atomic E-state index is 0.283. The highest BCUT2D eigenvalue weighted by Gasteiger charge is 2.27. The van der Waals surface area contributed by atoms with Gasteiger partial charge in [0.15, 0.2) is 0 Å². The van der Waals surface area contributed by atoms with Crippen molar-refractivity contribution >= 4 is 21.6 Å². The molecule has 0 amide bonds. The predicted octanol–water partition coefficient (Wildman–Crippen LogP) is 3.22. The zero-order valence-corrected chi connectivity index (χ0v) is 13.4. The number of hydrogen-bond acceptors (Lipinski definition) is 3. The average Bonchev–Trinajstić information content (AvgIpc) is 2.70. The number of rotatable bonds is 3. The molecule has 1 aliphatic rings. The molecule has 1 aliphatic heterocycles. The third kappa shape index (κ3) is 3.10. The highest BCUT2D eigenvalue weighted by atomic mass is 35.5. The number of nitrogens with zero attached hydrogens (tertiary/aromatic N) is 1. The van der Waals surface area contributed by atoms with E-state index in [1.54, 1.807) is 17.3 Å². The summed E-state index contributed by atoms with van der Waals surface area (Å²) in [5, 5.41) is 0.325. The molecule has 0 spiro atoms. The van der Waals surface area contributed by atoms with E-state index in [9.17, 15) is 8.42 Å². The summed E-state index contributed by atoms with van der Waals surface area (Å²) in [5.41, 5.74) is 0.662. The lowest BCUT2D eigenvalue weighted by Gasteiger charge is -2.21. The van der Waals surface area contributed by atoms with E-state index in [-0.39, 0.29) is 4.90 Å². The zero-order valence-electron chi connectivity index (χ0n) is 11.9. The SMILES string of the molecule is COc1cc(C)c(S(=O)(=O)N2CCCCCC2)cc1Cl. The van der Waals surface area contributed by atoms with Crippen molar-refractivity contribution < 1.29 is 13.2 Å². The highest BCUT2D eigenvalue weighted by molar-refractivity contribution is 7.89. The molecule has 0 saturated carbocycles. The van der Waals surface area contributed by atoms with Crippen molar-refractivity contribution in [3.8, 4) is 5.75 Å². The first-order chi connectivity index (χ1) is 9.46. The van der Waals surface area contributed by atoms with Crippen LogP contribution in [0.5, 0.6) is 5.75 Å². The van der Waals surface area contributed by atoms with E-state index in [1.807, 2.05) is 0 Å². The molecule has 6 heteroatoms. The molecule has 1 heterocycles. The molecule has 1 fully saturated rings. The summed E-state index contributed by atoms with van der Waals surface area (Å²) < 4.78 is 32.2. The molecule has 0 aliphatic carbocycles. The van der Waals surface area contributed by atoms with Gasteiger partial charge in [-0.25, -0.2) is 8.42 Å². The van der Waals surface area contributed by atoms with Crippen LogP contribution in [0.2, 0.25) is 5.02 Å². The molecule has 112 valence electrons. The standard InChI is InChI=1S/C14H20ClNO3S/c1-11-9-13(19-2)12(15)10-14(11)20(17,18)16-7-5-3-4-6-8-16/h9-10H,3-8H2,1-2H3. The maximum absolute atomic E-state index is 12.7. The fourth-order valence-corrected chi connectivity index (χ4v) is 4.55. The Kier molecular flexibility index (Phi) is 4.94. The Labute approximate surface area is 125 Å². The number of aryl methyl sites for hydroxylation is 1. The monoisotopic (exact) mass is 317 g/mol. The van der Waals surface area contributed by atoms with Crippen LogP contribution in [0.1, 0.15) is 31.2 Å². The van der Waals surface area contributed by atoms with Crippen molar-refractivity contribution in [2.24, 2.45) is 0 Å². The Morgan fingerprint density at radius 2 is 1.75 bits per heavy atom. The van der Waals surface area contributed by atoms with Crippen molar-refractivity contribution in [2.45, 2.75) is 37.5 Å². The Morgan fingerprint density at radius 3 is 2.30 bits per heavy atom. The summed E-state index contributed by atoms with van der Waals surface area (Å²) in [7, 11) is -1.95. The molecular weight excluding hydrogens is 298 g/mol. The Balaban J connectivity index is 2.40. The van der Waals surface area contributed by atoms with Gasteiger partial charge in [0.1, 0.15) is 5.75 Å². The Hall–Kier alpha value is -0.780. The molecule has 1 aromatic carbocycles. The normalized spacial score (nSPS) is 17.8. The third-order valence-electron chi connectivity index (χ3n) is 3.63. The summed E-state index contributed by atoms with van der Waals surface area (Å²) in [4.78, 5) is 0.283. The first-order valence-electron chi connectivity index (χ1n) is 6.81. The lowest BCUT2D eigenvalue weighted by Crippen LogP contribution is -2.32. The molecule has 1 aromatic rings. The smallest absolute Gasteiger partial charge is 0.243 e. The maximum atomic E-state index is 12.7. The quantitative estimate of drug-likeness (QED) is 0.860. The second kappa shape index (κ2) is 6.33. The molecule has 0 atom stereocenters. The van der Waals surface area contributed by atoms with Crippen LogP contribution < -0.4 is 4.74 Å². The van der Waals surface area contributed by atoms with Gasteiger partial charge in [-0.3, -0.25) is 0 Å². The van der Waals surface area contributed by atoms with E-state index in [2.05, 4.69) is 0 Å². The highest BCUT2D eigenvalue weighted by Crippen LogP contribution is 2.32. The van der Waals surface area contributed by atoms with Gasteiger partial charge in [-0.1, -0.05) is 24.4 Å². The zero-order chi connectivity index (χ0) is 14.8. The van der Waals surface area contributed by atoms with Gasteiger partial charge in [0.2, 0.25) is 10.0 Å². The van der Waals surface area contributed by atoms with E-state index < -0.39 is 10.0 Å².